The van der Waals surface area contributed by atoms with Crippen LogP contribution in [0.2, 0.25) is 10.0 Å². The number of aromatic amines is 1. The van der Waals surface area contributed by atoms with Crippen LogP contribution in [0.4, 0.5) is 0 Å². The van der Waals surface area contributed by atoms with Gasteiger partial charge in [-0.3, -0.25) is 24.0 Å². The van der Waals surface area contributed by atoms with E-state index < -0.39 is 17.9 Å². The Kier molecular flexibility index (Phi) is 16.9. The van der Waals surface area contributed by atoms with Crippen molar-refractivity contribution in [3.8, 4) is 0 Å². The van der Waals surface area contributed by atoms with E-state index in [4.69, 9.17) is 28.2 Å². The minimum absolute atomic E-state index is 0.0119. The summed E-state index contributed by atoms with van der Waals surface area (Å²) in [5, 5.41) is 9.17. The summed E-state index contributed by atoms with van der Waals surface area (Å²) in [5.74, 6) is -0.532. The van der Waals surface area contributed by atoms with Gasteiger partial charge in [0.2, 0.25) is 11.8 Å². The van der Waals surface area contributed by atoms with Crippen LogP contribution in [-0.2, 0) is 38.4 Å². The summed E-state index contributed by atoms with van der Waals surface area (Å²) in [7, 11) is 0. The fourth-order valence-corrected chi connectivity index (χ4v) is 7.98. The number of Topliss-reactive ketones (excluding diaryl/α,β-unsaturated/α-hetero) is 2. The van der Waals surface area contributed by atoms with Crippen molar-refractivity contribution in [2.24, 2.45) is 17.8 Å². The molecule has 3 amide bonds. The average Bonchev–Trinajstić information content (AvgIpc) is 3.81. The quantitative estimate of drug-likeness (QED) is 0.0549. The Hall–Kier alpha value is -4.80. The third kappa shape index (κ3) is 13.4. The highest BCUT2D eigenvalue weighted by Gasteiger charge is 2.27. The topological polar surface area (TPSA) is 150 Å². The number of hydrogen-bond acceptors (Lipinski definition) is 6. The van der Waals surface area contributed by atoms with Crippen molar-refractivity contribution in [2.45, 2.75) is 104 Å². The van der Waals surface area contributed by atoms with E-state index in [-0.39, 0.29) is 65.2 Å². The molecule has 0 spiro atoms. The first-order valence-corrected chi connectivity index (χ1v) is 21.7. The fourth-order valence-electron chi connectivity index (χ4n) is 7.60. The van der Waals surface area contributed by atoms with E-state index in [1.165, 1.54) is 28.8 Å². The van der Waals surface area contributed by atoms with Crippen LogP contribution >= 0.6 is 23.2 Å². The molecule has 314 valence electrons. The molecule has 10 nitrogen and oxygen atoms in total. The number of halogens is 2. The van der Waals surface area contributed by atoms with Crippen LogP contribution < -0.4 is 16.0 Å². The third-order valence-corrected chi connectivity index (χ3v) is 11.6. The molecule has 59 heavy (non-hydrogen) atoms. The van der Waals surface area contributed by atoms with E-state index >= 15 is 0 Å². The largest absolute Gasteiger partial charge is 0.356 e. The molecular formula is C47H57Cl2N5O5. The van der Waals surface area contributed by atoms with E-state index in [0.29, 0.717) is 30.8 Å². The van der Waals surface area contributed by atoms with E-state index in [2.05, 4.69) is 51.3 Å². The number of nitrogens with zero attached hydrogens (tertiary/aromatic N) is 1. The Labute approximate surface area is 357 Å². The first-order valence-electron chi connectivity index (χ1n) is 20.9. The number of unbranched alkanes of at least 4 members (excludes halogenated alkanes) is 3. The number of hydrogen-bond donors (Lipinski definition) is 4. The molecule has 3 atom stereocenters. The lowest BCUT2D eigenvalue weighted by molar-refractivity contribution is -0.129. The molecule has 1 heterocycles. The molecule has 1 aliphatic carbocycles. The zero-order valence-electron chi connectivity index (χ0n) is 34.6. The van der Waals surface area contributed by atoms with E-state index in [1.807, 2.05) is 45.9 Å². The number of imidazole rings is 1. The lowest BCUT2D eigenvalue weighted by atomic mass is 9.91. The molecule has 0 bridgehead atoms. The number of H-pyrrole nitrogens is 1. The van der Waals surface area contributed by atoms with E-state index in [0.717, 1.165) is 60.9 Å². The standard InChI is InChI=1S/C47H57Cl2N5O5/c1-5-30(4)45(42(56)24-31-15-20-40-41(23-31)53-43(52-40)26-33-17-16-32-12-9-10-13-37(32)33)54-44(57)14-8-6-7-11-21-50-46(58)34(22-29(2)3)25-36(55)28-51-47(59)38-27-35(48)18-19-39(38)49/h9-10,12-13,15,17-20,23,27,29-30,34,45H,5-8,11,14,16,21-22,24-26,28H2,1-4H3,(H,50,58)(H,51,59)(H,52,53)(H,54,57)/t30-,34+,45-/m0/s1. The van der Waals surface area contributed by atoms with Crippen molar-refractivity contribution < 1.29 is 24.0 Å². The zero-order valence-corrected chi connectivity index (χ0v) is 36.1. The number of aromatic nitrogens is 2. The van der Waals surface area contributed by atoms with Gasteiger partial charge in [-0.25, -0.2) is 4.98 Å². The second kappa shape index (κ2) is 22.0. The number of rotatable bonds is 23. The van der Waals surface area contributed by atoms with Crippen molar-refractivity contribution in [3.63, 3.8) is 0 Å². The second-order valence-electron chi connectivity index (χ2n) is 16.2. The van der Waals surface area contributed by atoms with Gasteiger partial charge < -0.3 is 20.9 Å². The number of benzene rings is 3. The van der Waals surface area contributed by atoms with Crippen molar-refractivity contribution in [3.05, 3.63) is 105 Å². The molecule has 5 rings (SSSR count). The molecule has 0 unspecified atom stereocenters. The summed E-state index contributed by atoms with van der Waals surface area (Å²) in [6.45, 7) is 8.25. The number of amides is 3. The van der Waals surface area contributed by atoms with Gasteiger partial charge in [-0.15, -0.1) is 0 Å². The normalized spacial score (nSPS) is 13.7. The lowest BCUT2D eigenvalue weighted by Crippen LogP contribution is -2.45. The predicted molar refractivity (Wildman–Crippen MR) is 235 cm³/mol. The molecule has 4 N–H and O–H groups in total. The molecule has 1 aromatic heterocycles. The minimum atomic E-state index is -0.575. The summed E-state index contributed by atoms with van der Waals surface area (Å²) in [6, 6.07) is 18.3. The number of allylic oxidation sites excluding steroid dienone is 2. The smallest absolute Gasteiger partial charge is 0.253 e. The van der Waals surface area contributed by atoms with Crippen molar-refractivity contribution in [2.75, 3.05) is 13.1 Å². The first-order chi connectivity index (χ1) is 28.3. The maximum absolute atomic E-state index is 13.6. The summed E-state index contributed by atoms with van der Waals surface area (Å²) in [4.78, 5) is 73.3. The lowest BCUT2D eigenvalue weighted by Gasteiger charge is -2.23. The summed E-state index contributed by atoms with van der Waals surface area (Å²) in [6.07, 6.45) is 8.77. The number of carbonyl (C=O) groups excluding carboxylic acids is 5. The van der Waals surface area contributed by atoms with Gasteiger partial charge in [0.1, 0.15) is 5.82 Å². The molecule has 12 heteroatoms. The van der Waals surface area contributed by atoms with Crippen LogP contribution in [0.25, 0.3) is 16.6 Å². The number of nitrogens with one attached hydrogen (secondary N) is 4. The number of fused-ring (bicyclic) bond motifs is 2. The van der Waals surface area contributed by atoms with Gasteiger partial charge in [-0.2, -0.15) is 0 Å². The van der Waals surface area contributed by atoms with Crippen LogP contribution in [0.5, 0.6) is 0 Å². The summed E-state index contributed by atoms with van der Waals surface area (Å²) < 4.78 is 0. The molecule has 1 aliphatic rings. The van der Waals surface area contributed by atoms with Crippen LogP contribution in [-0.4, -0.2) is 58.4 Å². The van der Waals surface area contributed by atoms with Gasteiger partial charge in [-0.1, -0.05) is 107 Å². The first kappa shape index (κ1) is 45.3. The van der Waals surface area contributed by atoms with Gasteiger partial charge in [0.25, 0.3) is 5.91 Å². The molecule has 3 aromatic carbocycles. The van der Waals surface area contributed by atoms with Crippen molar-refractivity contribution in [1.29, 1.82) is 0 Å². The van der Waals surface area contributed by atoms with Gasteiger partial charge in [0, 0.05) is 43.2 Å². The van der Waals surface area contributed by atoms with Gasteiger partial charge in [0.05, 0.1) is 34.2 Å². The average molecular weight is 843 g/mol. The van der Waals surface area contributed by atoms with Crippen LogP contribution in [0.1, 0.15) is 112 Å². The van der Waals surface area contributed by atoms with E-state index in [9.17, 15) is 24.0 Å². The molecule has 0 fully saturated rings. The van der Waals surface area contributed by atoms with Gasteiger partial charge in [-0.05, 0) is 90.1 Å². The van der Waals surface area contributed by atoms with Crippen LogP contribution in [0, 0.1) is 17.8 Å². The molecule has 0 saturated heterocycles. The van der Waals surface area contributed by atoms with Gasteiger partial charge >= 0.3 is 0 Å². The Morgan fingerprint density at radius 1 is 0.898 bits per heavy atom. The third-order valence-electron chi connectivity index (χ3n) is 11.0. The highest BCUT2D eigenvalue weighted by molar-refractivity contribution is 6.35. The molecule has 0 saturated carbocycles. The Morgan fingerprint density at radius 3 is 2.46 bits per heavy atom. The van der Waals surface area contributed by atoms with Crippen molar-refractivity contribution >= 4 is 69.1 Å². The Bertz CT molecular complexity index is 2160. The van der Waals surface area contributed by atoms with Crippen LogP contribution in [0.15, 0.2) is 66.7 Å². The van der Waals surface area contributed by atoms with Crippen molar-refractivity contribution in [1.82, 2.24) is 25.9 Å². The second-order valence-corrected chi connectivity index (χ2v) is 17.1. The molecule has 0 aliphatic heterocycles. The highest BCUT2D eigenvalue weighted by Crippen LogP contribution is 2.30. The molecule has 4 aromatic rings. The SMILES string of the molecule is CC[C@H](C)[C@H](NC(=O)CCCCCCNC(=O)[C@@H](CC(=O)CNC(=O)c1cc(Cl)ccc1Cl)CC(C)C)C(=O)Cc1ccc2nc(CC3=CCc4ccccc43)[nH]c2c1. The Morgan fingerprint density at radius 2 is 1.68 bits per heavy atom. The van der Waals surface area contributed by atoms with Crippen LogP contribution in [0.3, 0.4) is 0 Å². The minimum Gasteiger partial charge on any atom is -0.356 e. The van der Waals surface area contributed by atoms with Gasteiger partial charge in [0.15, 0.2) is 11.6 Å². The van der Waals surface area contributed by atoms with E-state index in [1.54, 1.807) is 6.07 Å². The highest BCUT2D eigenvalue weighted by atomic mass is 35.5. The summed E-state index contributed by atoms with van der Waals surface area (Å²) >= 11 is 12.1. The predicted octanol–water partition coefficient (Wildman–Crippen LogP) is 8.81. The Balaban J connectivity index is 1.01. The maximum Gasteiger partial charge on any atom is 0.253 e. The molecular weight excluding hydrogens is 785 g/mol. The maximum atomic E-state index is 13.6. The monoisotopic (exact) mass is 841 g/mol. The molecule has 0 radical (unpaired) electrons. The number of ketones is 2. The number of carbonyl (C=O) groups is 5. The fraction of sp³-hybridized carbons (Fsp3) is 0.447. The summed E-state index contributed by atoms with van der Waals surface area (Å²) in [5.41, 5.74) is 6.70. The zero-order chi connectivity index (χ0) is 42.5.